The molecule has 0 aliphatic carbocycles. The Balaban J connectivity index is 1.85. The Morgan fingerprint density at radius 3 is 2.57 bits per heavy atom. The van der Waals surface area contributed by atoms with Gasteiger partial charge in [0.2, 0.25) is 5.91 Å². The first-order valence-corrected chi connectivity index (χ1v) is 8.08. The van der Waals surface area contributed by atoms with Gasteiger partial charge in [0.25, 0.3) is 5.91 Å². The van der Waals surface area contributed by atoms with Crippen molar-refractivity contribution in [3.05, 3.63) is 34.5 Å². The van der Waals surface area contributed by atoms with Crippen LogP contribution < -0.4 is 0 Å². The highest BCUT2D eigenvalue weighted by Gasteiger charge is 2.26. The smallest absolute Gasteiger partial charge is 0.289 e. The zero-order chi connectivity index (χ0) is 16.6. The van der Waals surface area contributed by atoms with Crippen molar-refractivity contribution < 1.29 is 14.0 Å². The molecule has 0 atom stereocenters. The molecule has 0 unspecified atom stereocenters. The van der Waals surface area contributed by atoms with Crippen molar-refractivity contribution in [1.82, 2.24) is 9.80 Å². The Bertz CT molecular complexity index is 769. The molecule has 5 nitrogen and oxygen atoms in total. The van der Waals surface area contributed by atoms with E-state index < -0.39 is 0 Å². The summed E-state index contributed by atoms with van der Waals surface area (Å²) in [4.78, 5) is 27.8. The fourth-order valence-corrected chi connectivity index (χ4v) is 3.15. The van der Waals surface area contributed by atoms with Gasteiger partial charge in [0.1, 0.15) is 5.58 Å². The SMILES string of the molecule is CC(=O)N1CCCN(C(=O)c2oc3ccc(Cl)cc3c2C)CC1. The number of rotatable bonds is 1. The van der Waals surface area contributed by atoms with Crippen LogP contribution in [0, 0.1) is 6.92 Å². The Morgan fingerprint density at radius 2 is 1.83 bits per heavy atom. The highest BCUT2D eigenvalue weighted by Crippen LogP contribution is 2.28. The van der Waals surface area contributed by atoms with Gasteiger partial charge in [-0.1, -0.05) is 11.6 Å². The minimum atomic E-state index is -0.125. The topological polar surface area (TPSA) is 53.8 Å². The van der Waals surface area contributed by atoms with Crippen molar-refractivity contribution in [3.63, 3.8) is 0 Å². The molecule has 122 valence electrons. The van der Waals surface area contributed by atoms with Gasteiger partial charge in [0, 0.05) is 49.1 Å². The predicted molar refractivity (Wildman–Crippen MR) is 88.7 cm³/mol. The van der Waals surface area contributed by atoms with Crippen LogP contribution in [-0.2, 0) is 4.79 Å². The molecule has 2 amide bonds. The van der Waals surface area contributed by atoms with Crippen LogP contribution in [0.25, 0.3) is 11.0 Å². The molecule has 0 radical (unpaired) electrons. The Morgan fingerprint density at radius 1 is 1.13 bits per heavy atom. The molecule has 2 aromatic rings. The summed E-state index contributed by atoms with van der Waals surface area (Å²) in [7, 11) is 0. The van der Waals surface area contributed by atoms with Crippen molar-refractivity contribution >= 4 is 34.4 Å². The normalized spacial score (nSPS) is 15.8. The number of benzene rings is 1. The van der Waals surface area contributed by atoms with Gasteiger partial charge >= 0.3 is 0 Å². The lowest BCUT2D eigenvalue weighted by atomic mass is 10.1. The number of halogens is 1. The fourth-order valence-electron chi connectivity index (χ4n) is 2.98. The maximum absolute atomic E-state index is 12.8. The number of carbonyl (C=O) groups excluding carboxylic acids is 2. The summed E-state index contributed by atoms with van der Waals surface area (Å²) in [6, 6.07) is 5.34. The maximum atomic E-state index is 12.8. The molecule has 0 saturated carbocycles. The van der Waals surface area contributed by atoms with Crippen LogP contribution in [0.1, 0.15) is 29.5 Å². The number of fused-ring (bicyclic) bond motifs is 1. The summed E-state index contributed by atoms with van der Waals surface area (Å²) >= 11 is 6.02. The van der Waals surface area contributed by atoms with Crippen molar-refractivity contribution in [2.45, 2.75) is 20.3 Å². The van der Waals surface area contributed by atoms with Gasteiger partial charge in [0.15, 0.2) is 5.76 Å². The molecule has 2 heterocycles. The third kappa shape index (κ3) is 3.06. The quantitative estimate of drug-likeness (QED) is 0.805. The van der Waals surface area contributed by atoms with Crippen LogP contribution in [0.5, 0.6) is 0 Å². The van der Waals surface area contributed by atoms with E-state index in [4.69, 9.17) is 16.0 Å². The van der Waals surface area contributed by atoms with E-state index >= 15 is 0 Å². The van der Waals surface area contributed by atoms with E-state index in [-0.39, 0.29) is 11.8 Å². The largest absolute Gasteiger partial charge is 0.451 e. The average molecular weight is 335 g/mol. The molecule has 1 saturated heterocycles. The van der Waals surface area contributed by atoms with Crippen molar-refractivity contribution in [2.75, 3.05) is 26.2 Å². The van der Waals surface area contributed by atoms with Crippen LogP contribution >= 0.6 is 11.6 Å². The van der Waals surface area contributed by atoms with Gasteiger partial charge in [-0.3, -0.25) is 9.59 Å². The first-order chi connectivity index (χ1) is 11.0. The minimum Gasteiger partial charge on any atom is -0.451 e. The van der Waals surface area contributed by atoms with Gasteiger partial charge in [-0.05, 0) is 31.5 Å². The van der Waals surface area contributed by atoms with E-state index in [0.29, 0.717) is 42.5 Å². The van der Waals surface area contributed by atoms with Crippen LogP contribution in [0.4, 0.5) is 0 Å². The molecule has 0 bridgehead atoms. The summed E-state index contributed by atoms with van der Waals surface area (Å²) < 4.78 is 5.75. The fraction of sp³-hybridized carbons (Fsp3) is 0.412. The molecule has 1 aliphatic rings. The van der Waals surface area contributed by atoms with E-state index in [1.165, 1.54) is 0 Å². The summed E-state index contributed by atoms with van der Waals surface area (Å²) in [5, 5.41) is 1.48. The molecule has 1 fully saturated rings. The van der Waals surface area contributed by atoms with Gasteiger partial charge in [-0.2, -0.15) is 0 Å². The van der Waals surface area contributed by atoms with E-state index in [1.807, 2.05) is 13.0 Å². The highest BCUT2D eigenvalue weighted by molar-refractivity contribution is 6.31. The summed E-state index contributed by atoms with van der Waals surface area (Å²) in [5.74, 6) is 0.285. The van der Waals surface area contributed by atoms with E-state index in [0.717, 1.165) is 17.4 Å². The molecular weight excluding hydrogens is 316 g/mol. The number of amides is 2. The number of carbonyl (C=O) groups is 2. The number of aryl methyl sites for hydroxylation is 1. The van der Waals surface area contributed by atoms with Crippen molar-refractivity contribution in [2.24, 2.45) is 0 Å². The molecule has 1 aromatic carbocycles. The molecular formula is C17H19ClN2O3. The minimum absolute atomic E-state index is 0.0499. The average Bonchev–Trinajstić information content (AvgIpc) is 2.72. The van der Waals surface area contributed by atoms with Crippen LogP contribution in [-0.4, -0.2) is 47.8 Å². The lowest BCUT2D eigenvalue weighted by Gasteiger charge is -2.20. The van der Waals surface area contributed by atoms with Crippen molar-refractivity contribution in [3.8, 4) is 0 Å². The number of nitrogens with zero attached hydrogens (tertiary/aromatic N) is 2. The molecule has 23 heavy (non-hydrogen) atoms. The molecule has 1 aromatic heterocycles. The van der Waals surface area contributed by atoms with Gasteiger partial charge in [-0.15, -0.1) is 0 Å². The maximum Gasteiger partial charge on any atom is 0.289 e. The Hall–Kier alpha value is -2.01. The first kappa shape index (κ1) is 15.9. The second-order valence-corrected chi connectivity index (χ2v) is 6.28. The van der Waals surface area contributed by atoms with E-state index in [1.54, 1.807) is 28.9 Å². The van der Waals surface area contributed by atoms with Gasteiger partial charge in [-0.25, -0.2) is 0 Å². The lowest BCUT2D eigenvalue weighted by Crippen LogP contribution is -2.36. The second-order valence-electron chi connectivity index (χ2n) is 5.85. The lowest BCUT2D eigenvalue weighted by molar-refractivity contribution is -0.128. The first-order valence-electron chi connectivity index (χ1n) is 7.71. The summed E-state index contributed by atoms with van der Waals surface area (Å²) in [6.07, 6.45) is 0.774. The standard InChI is InChI=1S/C17H19ClN2O3/c1-11-14-10-13(18)4-5-15(14)23-16(11)17(22)20-7-3-6-19(8-9-20)12(2)21/h4-5,10H,3,6-9H2,1-2H3. The molecule has 0 N–H and O–H groups in total. The molecule has 6 heteroatoms. The third-order valence-electron chi connectivity index (χ3n) is 4.32. The van der Waals surface area contributed by atoms with Crippen LogP contribution in [0.2, 0.25) is 5.02 Å². The van der Waals surface area contributed by atoms with Crippen LogP contribution in [0.15, 0.2) is 22.6 Å². The Kier molecular flexibility index (Phi) is 4.31. The molecule has 3 rings (SSSR count). The number of hydrogen-bond donors (Lipinski definition) is 0. The summed E-state index contributed by atoms with van der Waals surface area (Å²) in [5.41, 5.74) is 1.47. The van der Waals surface area contributed by atoms with E-state index in [9.17, 15) is 9.59 Å². The second kappa shape index (κ2) is 6.24. The highest BCUT2D eigenvalue weighted by atomic mass is 35.5. The number of furan rings is 1. The van der Waals surface area contributed by atoms with Gasteiger partial charge < -0.3 is 14.2 Å². The Labute approximate surface area is 139 Å². The molecule has 0 spiro atoms. The van der Waals surface area contributed by atoms with Crippen LogP contribution in [0.3, 0.4) is 0 Å². The zero-order valence-corrected chi connectivity index (χ0v) is 14.0. The predicted octanol–water partition coefficient (Wildman–Crippen LogP) is 3.09. The van der Waals surface area contributed by atoms with Crippen molar-refractivity contribution in [1.29, 1.82) is 0 Å². The van der Waals surface area contributed by atoms with Gasteiger partial charge in [0.05, 0.1) is 0 Å². The third-order valence-corrected chi connectivity index (χ3v) is 4.56. The zero-order valence-electron chi connectivity index (χ0n) is 13.3. The monoisotopic (exact) mass is 334 g/mol. The van der Waals surface area contributed by atoms with E-state index in [2.05, 4.69) is 0 Å². The number of hydrogen-bond acceptors (Lipinski definition) is 3. The molecule has 1 aliphatic heterocycles. The summed E-state index contributed by atoms with van der Waals surface area (Å²) in [6.45, 7) is 5.83.